The van der Waals surface area contributed by atoms with E-state index in [0.717, 1.165) is 56.9 Å². The molecular weight excluding hydrogens is 333 g/mol. The van der Waals surface area contributed by atoms with Gasteiger partial charge in [-0.25, -0.2) is 14.4 Å². The summed E-state index contributed by atoms with van der Waals surface area (Å²) in [4.78, 5) is 10.8. The van der Waals surface area contributed by atoms with E-state index in [-0.39, 0.29) is 11.9 Å². The average molecular weight is 359 g/mol. The Labute approximate surface area is 154 Å². The predicted octanol–water partition coefficient (Wildman–Crippen LogP) is 3.03. The molecule has 140 valence electrons. The molecule has 0 unspecified atom stereocenters. The number of hydrogen-bond acceptors (Lipinski definition) is 5. The maximum absolute atomic E-state index is 13.5. The molecule has 0 bridgehead atoms. The van der Waals surface area contributed by atoms with Gasteiger partial charge in [0, 0.05) is 31.0 Å². The minimum absolute atomic E-state index is 0.228. The van der Waals surface area contributed by atoms with Crippen LogP contribution in [0.4, 0.5) is 4.39 Å². The van der Waals surface area contributed by atoms with Gasteiger partial charge in [0.05, 0.1) is 19.3 Å². The summed E-state index contributed by atoms with van der Waals surface area (Å²) in [6.07, 6.45) is 4.57. The molecule has 0 radical (unpaired) electrons. The Balaban J connectivity index is 1.36. The minimum Gasteiger partial charge on any atom is -0.490 e. The quantitative estimate of drug-likeness (QED) is 0.678. The molecule has 1 fully saturated rings. The highest BCUT2D eigenvalue weighted by atomic mass is 19.1. The zero-order chi connectivity index (χ0) is 18.2. The Bertz CT molecular complexity index is 698. The van der Waals surface area contributed by atoms with Gasteiger partial charge in [-0.2, -0.15) is 0 Å². The zero-order valence-corrected chi connectivity index (χ0v) is 15.2. The van der Waals surface area contributed by atoms with Gasteiger partial charge in [0.1, 0.15) is 6.33 Å². The summed E-state index contributed by atoms with van der Waals surface area (Å²) in [7, 11) is 0. The summed E-state index contributed by atoms with van der Waals surface area (Å²) in [5, 5.41) is 0. The summed E-state index contributed by atoms with van der Waals surface area (Å²) >= 11 is 0. The second-order valence-electron chi connectivity index (χ2n) is 6.62. The van der Waals surface area contributed by atoms with Crippen molar-refractivity contribution in [1.29, 1.82) is 0 Å². The van der Waals surface area contributed by atoms with E-state index in [1.165, 1.54) is 6.07 Å². The molecular formula is C20H26FN3O2. The number of morpholine rings is 1. The topological polar surface area (TPSA) is 47.5 Å². The number of rotatable bonds is 8. The molecule has 2 aromatic rings. The Morgan fingerprint density at radius 2 is 2.19 bits per heavy atom. The number of ether oxygens (including phenoxy) is 2. The number of aromatic nitrogens is 2. The Kier molecular flexibility index (Phi) is 6.91. The molecule has 3 rings (SSSR count). The smallest absolute Gasteiger partial charge is 0.165 e. The van der Waals surface area contributed by atoms with Gasteiger partial charge in [-0.05, 0) is 44.4 Å². The molecule has 1 saturated heterocycles. The first-order chi connectivity index (χ1) is 12.7. The molecule has 1 aromatic carbocycles. The lowest BCUT2D eigenvalue weighted by Crippen LogP contribution is -2.43. The molecule has 1 aliphatic rings. The van der Waals surface area contributed by atoms with Crippen LogP contribution in [0.25, 0.3) is 0 Å². The normalized spacial score (nSPS) is 18.0. The molecule has 0 amide bonds. The second-order valence-corrected chi connectivity index (χ2v) is 6.62. The van der Waals surface area contributed by atoms with E-state index < -0.39 is 0 Å². The van der Waals surface area contributed by atoms with Gasteiger partial charge in [0.2, 0.25) is 0 Å². The van der Waals surface area contributed by atoms with Crippen LogP contribution in [0.2, 0.25) is 0 Å². The molecule has 0 aliphatic carbocycles. The van der Waals surface area contributed by atoms with Crippen molar-refractivity contribution >= 4 is 0 Å². The van der Waals surface area contributed by atoms with Crippen molar-refractivity contribution in [3.63, 3.8) is 0 Å². The standard InChI is InChI=1S/C20H26FN3O2/c1-16-13-17(23-15-22-16)7-8-18-14-24(10-12-25-18)9-4-11-26-20-6-3-2-5-19(20)21/h2-3,5-6,13,15,18H,4,7-12,14H2,1H3/t18-/m1/s1. The van der Waals surface area contributed by atoms with Crippen LogP contribution < -0.4 is 4.74 Å². The molecule has 6 heteroatoms. The minimum atomic E-state index is -0.307. The van der Waals surface area contributed by atoms with Crippen molar-refractivity contribution < 1.29 is 13.9 Å². The SMILES string of the molecule is Cc1cc(CC[C@@H]2CN(CCCOc3ccccc3F)CCO2)ncn1. The van der Waals surface area contributed by atoms with E-state index >= 15 is 0 Å². The van der Waals surface area contributed by atoms with Gasteiger partial charge >= 0.3 is 0 Å². The number of aryl methyl sites for hydroxylation is 2. The Morgan fingerprint density at radius 3 is 3.04 bits per heavy atom. The van der Waals surface area contributed by atoms with Gasteiger partial charge in [-0.1, -0.05) is 12.1 Å². The highest BCUT2D eigenvalue weighted by molar-refractivity contribution is 5.23. The Hall–Kier alpha value is -2.05. The maximum atomic E-state index is 13.5. The third kappa shape index (κ3) is 5.75. The lowest BCUT2D eigenvalue weighted by molar-refractivity contribution is -0.0328. The monoisotopic (exact) mass is 359 g/mol. The lowest BCUT2D eigenvalue weighted by atomic mass is 10.1. The van der Waals surface area contributed by atoms with Crippen molar-refractivity contribution in [2.45, 2.75) is 32.3 Å². The summed E-state index contributed by atoms with van der Waals surface area (Å²) in [6, 6.07) is 8.56. The number of halogens is 1. The van der Waals surface area contributed by atoms with Crippen molar-refractivity contribution in [3.05, 3.63) is 53.9 Å². The van der Waals surface area contributed by atoms with Crippen molar-refractivity contribution in [2.75, 3.05) is 32.8 Å². The highest BCUT2D eigenvalue weighted by Crippen LogP contribution is 2.16. The molecule has 0 saturated carbocycles. The first-order valence-electron chi connectivity index (χ1n) is 9.19. The van der Waals surface area contributed by atoms with Gasteiger partial charge in [-0.3, -0.25) is 4.90 Å². The van der Waals surface area contributed by atoms with Crippen LogP contribution in [0.1, 0.15) is 24.2 Å². The fraction of sp³-hybridized carbons (Fsp3) is 0.500. The average Bonchev–Trinajstić information content (AvgIpc) is 2.65. The molecule has 1 atom stereocenters. The van der Waals surface area contributed by atoms with Gasteiger partial charge in [-0.15, -0.1) is 0 Å². The van der Waals surface area contributed by atoms with Gasteiger partial charge < -0.3 is 9.47 Å². The van der Waals surface area contributed by atoms with E-state index in [9.17, 15) is 4.39 Å². The first kappa shape index (κ1) is 18.7. The highest BCUT2D eigenvalue weighted by Gasteiger charge is 2.20. The molecule has 0 spiro atoms. The number of para-hydroxylation sites is 1. The third-order valence-corrected chi connectivity index (χ3v) is 4.52. The molecule has 5 nitrogen and oxygen atoms in total. The number of hydrogen-bond donors (Lipinski definition) is 0. The van der Waals surface area contributed by atoms with Crippen LogP contribution in [0.5, 0.6) is 5.75 Å². The fourth-order valence-corrected chi connectivity index (χ4v) is 3.15. The number of nitrogens with zero attached hydrogens (tertiary/aromatic N) is 3. The second kappa shape index (κ2) is 9.59. The predicted molar refractivity (Wildman–Crippen MR) is 97.8 cm³/mol. The van der Waals surface area contributed by atoms with Crippen molar-refractivity contribution in [2.24, 2.45) is 0 Å². The maximum Gasteiger partial charge on any atom is 0.165 e. The third-order valence-electron chi connectivity index (χ3n) is 4.52. The lowest BCUT2D eigenvalue weighted by Gasteiger charge is -2.33. The van der Waals surface area contributed by atoms with Gasteiger partial charge in [0.15, 0.2) is 11.6 Å². The van der Waals surface area contributed by atoms with E-state index in [2.05, 4.69) is 14.9 Å². The molecule has 26 heavy (non-hydrogen) atoms. The van der Waals surface area contributed by atoms with Crippen LogP contribution in [-0.4, -0.2) is 53.8 Å². The van der Waals surface area contributed by atoms with E-state index in [1.54, 1.807) is 24.5 Å². The van der Waals surface area contributed by atoms with Crippen LogP contribution >= 0.6 is 0 Å². The number of benzene rings is 1. The van der Waals surface area contributed by atoms with Crippen LogP contribution in [-0.2, 0) is 11.2 Å². The van der Waals surface area contributed by atoms with Gasteiger partial charge in [0.25, 0.3) is 0 Å². The van der Waals surface area contributed by atoms with Crippen LogP contribution in [0.15, 0.2) is 36.7 Å². The molecule has 1 aliphatic heterocycles. The largest absolute Gasteiger partial charge is 0.490 e. The Morgan fingerprint density at radius 1 is 1.31 bits per heavy atom. The summed E-state index contributed by atoms with van der Waals surface area (Å²) in [5.41, 5.74) is 2.06. The van der Waals surface area contributed by atoms with Crippen LogP contribution in [0, 0.1) is 12.7 Å². The molecule has 2 heterocycles. The van der Waals surface area contributed by atoms with E-state index in [4.69, 9.17) is 9.47 Å². The zero-order valence-electron chi connectivity index (χ0n) is 15.2. The van der Waals surface area contributed by atoms with E-state index in [1.807, 2.05) is 13.0 Å². The van der Waals surface area contributed by atoms with Crippen molar-refractivity contribution in [3.8, 4) is 5.75 Å². The van der Waals surface area contributed by atoms with E-state index in [0.29, 0.717) is 12.4 Å². The first-order valence-corrected chi connectivity index (χ1v) is 9.19. The van der Waals surface area contributed by atoms with Crippen molar-refractivity contribution in [1.82, 2.24) is 14.9 Å². The molecule has 1 aromatic heterocycles. The summed E-state index contributed by atoms with van der Waals surface area (Å²) < 4.78 is 24.9. The summed E-state index contributed by atoms with van der Waals surface area (Å²) in [6.45, 7) is 6.03. The summed E-state index contributed by atoms with van der Waals surface area (Å²) in [5.74, 6) is 0.0198. The fourth-order valence-electron chi connectivity index (χ4n) is 3.15. The molecule has 0 N–H and O–H groups in total. The van der Waals surface area contributed by atoms with Crippen LogP contribution in [0.3, 0.4) is 0 Å².